The van der Waals surface area contributed by atoms with Gasteiger partial charge in [0.2, 0.25) is 0 Å². The molecule has 0 fully saturated rings. The first-order valence-corrected chi connectivity index (χ1v) is 10.3. The summed E-state index contributed by atoms with van der Waals surface area (Å²) in [6, 6.07) is 21.3. The molecule has 4 rings (SSSR count). The zero-order valence-electron chi connectivity index (χ0n) is 17.3. The molecule has 0 spiro atoms. The number of amides is 1. The fraction of sp³-hybridized carbons (Fsp3) is 0.240. The molecule has 160 valence electrons. The topological polar surface area (TPSA) is 105 Å². The summed E-state index contributed by atoms with van der Waals surface area (Å²) in [7, 11) is 0. The van der Waals surface area contributed by atoms with Gasteiger partial charge in [-0.2, -0.15) is 0 Å². The molecule has 0 bridgehead atoms. The molecule has 0 saturated carbocycles. The van der Waals surface area contributed by atoms with E-state index in [1.165, 1.54) is 0 Å². The van der Waals surface area contributed by atoms with Crippen molar-refractivity contribution in [1.82, 2.24) is 5.32 Å². The van der Waals surface area contributed by atoms with Gasteiger partial charge < -0.3 is 26.0 Å². The Balaban J connectivity index is 1.35. The number of alkyl carbamates (subject to hydrolysis) is 1. The molecule has 5 N–H and O–H groups in total. The van der Waals surface area contributed by atoms with E-state index in [1.807, 2.05) is 24.3 Å². The SMILES string of the molecule is Cc1cc(N)ccc1C(O)C(O)CNC(=O)OCC1c2ccccc2-c2ccccc21. The Hall–Kier alpha value is -3.35. The van der Waals surface area contributed by atoms with Crippen LogP contribution >= 0.6 is 0 Å². The molecule has 3 aromatic rings. The van der Waals surface area contributed by atoms with Crippen LogP contribution in [0.2, 0.25) is 0 Å². The van der Waals surface area contributed by atoms with Crippen LogP contribution in [0.25, 0.3) is 11.1 Å². The second-order valence-electron chi connectivity index (χ2n) is 7.83. The first-order valence-electron chi connectivity index (χ1n) is 10.3. The van der Waals surface area contributed by atoms with Crippen LogP contribution in [0, 0.1) is 6.92 Å². The number of aliphatic hydroxyl groups is 2. The van der Waals surface area contributed by atoms with Crippen LogP contribution in [0.1, 0.15) is 34.3 Å². The van der Waals surface area contributed by atoms with Gasteiger partial charge in [0.05, 0.1) is 0 Å². The summed E-state index contributed by atoms with van der Waals surface area (Å²) in [4.78, 5) is 12.3. The van der Waals surface area contributed by atoms with Crippen molar-refractivity contribution < 1.29 is 19.7 Å². The predicted octanol–water partition coefficient (Wildman–Crippen LogP) is 3.51. The summed E-state index contributed by atoms with van der Waals surface area (Å²) in [6.45, 7) is 1.86. The minimum absolute atomic E-state index is 0.0360. The Morgan fingerprint density at radius 1 is 1.03 bits per heavy atom. The normalized spacial score (nSPS) is 14.4. The van der Waals surface area contributed by atoms with Gasteiger partial charge in [0, 0.05) is 18.2 Å². The highest BCUT2D eigenvalue weighted by Gasteiger charge is 2.29. The number of ether oxygens (including phenoxy) is 1. The lowest BCUT2D eigenvalue weighted by Gasteiger charge is -2.21. The number of nitrogens with one attached hydrogen (secondary N) is 1. The number of fused-ring (bicyclic) bond motifs is 3. The van der Waals surface area contributed by atoms with Crippen LogP contribution in [0.3, 0.4) is 0 Å². The first kappa shape index (κ1) is 20.9. The van der Waals surface area contributed by atoms with Gasteiger partial charge in [0.15, 0.2) is 0 Å². The molecule has 6 heteroatoms. The number of nitrogens with two attached hydrogens (primary N) is 1. The minimum atomic E-state index is -1.18. The fourth-order valence-corrected chi connectivity index (χ4v) is 4.19. The van der Waals surface area contributed by atoms with Crippen LogP contribution in [0.4, 0.5) is 10.5 Å². The van der Waals surface area contributed by atoms with Crippen molar-refractivity contribution in [1.29, 1.82) is 0 Å². The van der Waals surface area contributed by atoms with Crippen LogP contribution in [-0.2, 0) is 4.74 Å². The van der Waals surface area contributed by atoms with Gasteiger partial charge >= 0.3 is 6.09 Å². The Kier molecular flexibility index (Phi) is 5.93. The molecule has 0 radical (unpaired) electrons. The lowest BCUT2D eigenvalue weighted by Crippen LogP contribution is -2.36. The number of benzene rings is 3. The third-order valence-corrected chi connectivity index (χ3v) is 5.78. The summed E-state index contributed by atoms with van der Waals surface area (Å²) < 4.78 is 5.46. The second kappa shape index (κ2) is 8.79. The Bertz CT molecular complexity index is 1050. The van der Waals surface area contributed by atoms with Gasteiger partial charge in [0.1, 0.15) is 18.8 Å². The molecule has 1 aliphatic rings. The molecule has 2 atom stereocenters. The monoisotopic (exact) mass is 418 g/mol. The van der Waals surface area contributed by atoms with E-state index in [-0.39, 0.29) is 19.1 Å². The van der Waals surface area contributed by atoms with E-state index in [0.29, 0.717) is 11.3 Å². The smallest absolute Gasteiger partial charge is 0.407 e. The zero-order chi connectivity index (χ0) is 22.0. The van der Waals surface area contributed by atoms with E-state index in [1.54, 1.807) is 25.1 Å². The summed E-state index contributed by atoms with van der Waals surface area (Å²) in [5.41, 5.74) is 12.2. The molecule has 31 heavy (non-hydrogen) atoms. The maximum absolute atomic E-state index is 12.3. The Morgan fingerprint density at radius 3 is 2.26 bits per heavy atom. The summed E-state index contributed by atoms with van der Waals surface area (Å²) in [6.07, 6.45) is -2.96. The van der Waals surface area contributed by atoms with Crippen molar-refractivity contribution in [2.75, 3.05) is 18.9 Å². The number of aliphatic hydroxyl groups excluding tert-OH is 2. The number of carbonyl (C=O) groups excluding carboxylic acids is 1. The number of aryl methyl sites for hydroxylation is 1. The van der Waals surface area contributed by atoms with Crippen molar-refractivity contribution in [2.45, 2.75) is 25.0 Å². The average Bonchev–Trinajstić information content (AvgIpc) is 3.09. The highest BCUT2D eigenvalue weighted by atomic mass is 16.5. The molecule has 1 amide bonds. The third kappa shape index (κ3) is 4.26. The lowest BCUT2D eigenvalue weighted by molar-refractivity contribution is 0.0182. The highest BCUT2D eigenvalue weighted by Crippen LogP contribution is 2.44. The number of nitrogen functional groups attached to an aromatic ring is 1. The first-order chi connectivity index (χ1) is 15.0. The number of hydrogen-bond acceptors (Lipinski definition) is 5. The van der Waals surface area contributed by atoms with Gasteiger partial charge in [-0.1, -0.05) is 54.6 Å². The minimum Gasteiger partial charge on any atom is -0.449 e. The van der Waals surface area contributed by atoms with Gasteiger partial charge in [0.25, 0.3) is 0 Å². The molecule has 0 aliphatic heterocycles. The summed E-state index contributed by atoms with van der Waals surface area (Å²) in [5.74, 6) is -0.0360. The van der Waals surface area contributed by atoms with Crippen LogP contribution < -0.4 is 11.1 Å². The van der Waals surface area contributed by atoms with Crippen molar-refractivity contribution in [3.63, 3.8) is 0 Å². The van der Waals surface area contributed by atoms with Gasteiger partial charge in [-0.15, -0.1) is 0 Å². The number of carbonyl (C=O) groups is 1. The largest absolute Gasteiger partial charge is 0.449 e. The fourth-order valence-electron chi connectivity index (χ4n) is 4.19. The summed E-state index contributed by atoms with van der Waals surface area (Å²) in [5, 5.41) is 23.3. The van der Waals surface area contributed by atoms with Crippen LogP contribution in [0.15, 0.2) is 66.7 Å². The maximum atomic E-state index is 12.3. The predicted molar refractivity (Wildman–Crippen MR) is 120 cm³/mol. The zero-order valence-corrected chi connectivity index (χ0v) is 17.3. The Morgan fingerprint density at radius 2 is 1.65 bits per heavy atom. The summed E-state index contributed by atoms with van der Waals surface area (Å²) >= 11 is 0. The molecule has 0 saturated heterocycles. The maximum Gasteiger partial charge on any atom is 0.407 e. The van der Waals surface area contributed by atoms with E-state index >= 15 is 0 Å². The third-order valence-electron chi connectivity index (χ3n) is 5.78. The van der Waals surface area contributed by atoms with E-state index in [4.69, 9.17) is 10.5 Å². The molecule has 0 aromatic heterocycles. The van der Waals surface area contributed by atoms with Gasteiger partial charge in [-0.25, -0.2) is 4.79 Å². The van der Waals surface area contributed by atoms with Crippen molar-refractivity contribution in [3.8, 4) is 11.1 Å². The average molecular weight is 418 g/mol. The lowest BCUT2D eigenvalue weighted by atomic mass is 9.98. The molecular formula is C25H26N2O4. The molecular weight excluding hydrogens is 392 g/mol. The molecule has 1 aliphatic carbocycles. The number of hydrogen-bond donors (Lipinski definition) is 4. The van der Waals surface area contributed by atoms with Crippen LogP contribution in [0.5, 0.6) is 0 Å². The molecule has 3 aromatic carbocycles. The number of rotatable bonds is 6. The van der Waals surface area contributed by atoms with E-state index in [0.717, 1.165) is 27.8 Å². The molecule has 6 nitrogen and oxygen atoms in total. The van der Waals surface area contributed by atoms with Crippen molar-refractivity contribution >= 4 is 11.8 Å². The van der Waals surface area contributed by atoms with Crippen LogP contribution in [-0.4, -0.2) is 35.6 Å². The standard InChI is InChI=1S/C25H26N2O4/c1-15-12-16(26)10-11-17(15)24(29)23(28)13-27-25(30)31-14-22-20-8-4-2-6-18(20)19-7-3-5-9-21(19)22/h2-12,22-24,28-29H,13-14,26H2,1H3,(H,27,30). The van der Waals surface area contributed by atoms with Crippen molar-refractivity contribution in [3.05, 3.63) is 89.0 Å². The Labute approximate surface area is 181 Å². The van der Waals surface area contributed by atoms with E-state index in [2.05, 4.69) is 29.6 Å². The second-order valence-corrected chi connectivity index (χ2v) is 7.83. The highest BCUT2D eigenvalue weighted by molar-refractivity contribution is 5.79. The van der Waals surface area contributed by atoms with Gasteiger partial charge in [-0.05, 0) is 52.4 Å². The molecule has 2 unspecified atom stereocenters. The van der Waals surface area contributed by atoms with E-state index in [9.17, 15) is 15.0 Å². The quantitative estimate of drug-likeness (QED) is 0.459. The molecule has 0 heterocycles. The number of anilines is 1. The van der Waals surface area contributed by atoms with Gasteiger partial charge in [-0.3, -0.25) is 0 Å². The van der Waals surface area contributed by atoms with E-state index < -0.39 is 18.3 Å². The van der Waals surface area contributed by atoms with Crippen molar-refractivity contribution in [2.24, 2.45) is 0 Å².